The number of hydrogen-bond acceptors (Lipinski definition) is 3. The molecule has 0 saturated carbocycles. The number of aromatic nitrogens is 3. The van der Waals surface area contributed by atoms with Gasteiger partial charge in [-0.3, -0.25) is 4.90 Å². The quantitative estimate of drug-likeness (QED) is 0.317. The molecule has 0 radical (unpaired) electrons. The first kappa shape index (κ1) is 24.6. The Balaban J connectivity index is 2.09. The molecule has 168 valence electrons. The molecule has 0 fully saturated rings. The minimum Gasteiger partial charge on any atom is -0.284 e. The highest BCUT2D eigenvalue weighted by atomic mass is 15.5. The lowest BCUT2D eigenvalue weighted by Crippen LogP contribution is -2.35. The summed E-state index contributed by atoms with van der Waals surface area (Å²) in [5.41, 5.74) is 3.38. The zero-order chi connectivity index (χ0) is 21.8. The zero-order valence-electron chi connectivity index (χ0n) is 20.1. The third-order valence-electron chi connectivity index (χ3n) is 6.35. The Kier molecular flexibility index (Phi) is 11.1. The first-order chi connectivity index (χ1) is 14.6. The van der Waals surface area contributed by atoms with Crippen LogP contribution < -0.4 is 0 Å². The SMILES string of the molecule is CCCCC(CC)CN(CC(CC)CCCC)Cn1cc(-c2ccc(C)cc2)nn1. The van der Waals surface area contributed by atoms with Gasteiger partial charge in [0.05, 0.1) is 12.9 Å². The maximum Gasteiger partial charge on any atom is 0.113 e. The molecule has 0 aliphatic heterocycles. The van der Waals surface area contributed by atoms with E-state index in [0.717, 1.165) is 29.8 Å². The summed E-state index contributed by atoms with van der Waals surface area (Å²) >= 11 is 0. The summed E-state index contributed by atoms with van der Waals surface area (Å²) < 4.78 is 2.04. The lowest BCUT2D eigenvalue weighted by molar-refractivity contribution is 0.137. The fourth-order valence-electron chi connectivity index (χ4n) is 4.18. The molecule has 2 aromatic rings. The van der Waals surface area contributed by atoms with Crippen molar-refractivity contribution in [2.45, 2.75) is 92.7 Å². The van der Waals surface area contributed by atoms with Crippen LogP contribution in [0.1, 0.15) is 84.6 Å². The molecule has 4 heteroatoms. The van der Waals surface area contributed by atoms with Crippen LogP contribution in [0.4, 0.5) is 0 Å². The van der Waals surface area contributed by atoms with Gasteiger partial charge >= 0.3 is 0 Å². The maximum absolute atomic E-state index is 4.47. The molecule has 4 nitrogen and oxygen atoms in total. The molecule has 0 aliphatic carbocycles. The van der Waals surface area contributed by atoms with Crippen molar-refractivity contribution in [1.82, 2.24) is 19.9 Å². The average molecular weight is 413 g/mol. The van der Waals surface area contributed by atoms with Crippen LogP contribution in [-0.2, 0) is 6.67 Å². The van der Waals surface area contributed by atoms with Gasteiger partial charge in [-0.25, -0.2) is 4.68 Å². The lowest BCUT2D eigenvalue weighted by atomic mass is 9.96. The van der Waals surface area contributed by atoms with Crippen LogP contribution in [0.3, 0.4) is 0 Å². The van der Waals surface area contributed by atoms with Crippen LogP contribution >= 0.6 is 0 Å². The van der Waals surface area contributed by atoms with Crippen molar-refractivity contribution in [3.63, 3.8) is 0 Å². The summed E-state index contributed by atoms with van der Waals surface area (Å²) in [6.07, 6.45) is 12.5. The number of hydrogen-bond donors (Lipinski definition) is 0. The molecular formula is C26H44N4. The molecule has 2 atom stereocenters. The fourth-order valence-corrected chi connectivity index (χ4v) is 4.18. The van der Waals surface area contributed by atoms with Gasteiger partial charge in [-0.2, -0.15) is 0 Å². The van der Waals surface area contributed by atoms with Crippen LogP contribution in [0.25, 0.3) is 11.3 Å². The van der Waals surface area contributed by atoms with Gasteiger partial charge in [0.1, 0.15) is 5.69 Å². The zero-order valence-corrected chi connectivity index (χ0v) is 20.1. The van der Waals surface area contributed by atoms with Gasteiger partial charge in [0.2, 0.25) is 0 Å². The molecule has 0 spiro atoms. The minimum atomic E-state index is 0.772. The number of unbranched alkanes of at least 4 members (excludes halogenated alkanes) is 2. The summed E-state index contributed by atoms with van der Waals surface area (Å²) in [4.78, 5) is 2.64. The molecule has 1 aromatic carbocycles. The smallest absolute Gasteiger partial charge is 0.113 e. The summed E-state index contributed by atoms with van der Waals surface area (Å²) in [5.74, 6) is 1.54. The van der Waals surface area contributed by atoms with E-state index in [1.807, 2.05) is 4.68 Å². The van der Waals surface area contributed by atoms with Crippen LogP contribution in [0.5, 0.6) is 0 Å². The topological polar surface area (TPSA) is 34.0 Å². The van der Waals surface area contributed by atoms with Crippen LogP contribution in [0.15, 0.2) is 30.5 Å². The van der Waals surface area contributed by atoms with Crippen molar-refractivity contribution in [3.05, 3.63) is 36.0 Å². The van der Waals surface area contributed by atoms with Crippen molar-refractivity contribution >= 4 is 0 Å². The average Bonchev–Trinajstić information content (AvgIpc) is 3.22. The van der Waals surface area contributed by atoms with E-state index in [1.165, 1.54) is 70.0 Å². The van der Waals surface area contributed by atoms with Crippen LogP contribution in [0.2, 0.25) is 0 Å². The first-order valence-corrected chi connectivity index (χ1v) is 12.3. The van der Waals surface area contributed by atoms with E-state index in [9.17, 15) is 0 Å². The van der Waals surface area contributed by atoms with E-state index in [1.54, 1.807) is 0 Å². The van der Waals surface area contributed by atoms with Gasteiger partial charge < -0.3 is 0 Å². The predicted molar refractivity (Wildman–Crippen MR) is 128 cm³/mol. The Morgan fingerprint density at radius 3 is 1.93 bits per heavy atom. The molecule has 30 heavy (non-hydrogen) atoms. The second-order valence-electron chi connectivity index (χ2n) is 9.02. The van der Waals surface area contributed by atoms with E-state index in [4.69, 9.17) is 0 Å². The summed E-state index contributed by atoms with van der Waals surface area (Å²) in [5, 5.41) is 8.92. The van der Waals surface area contributed by atoms with Gasteiger partial charge in [-0.1, -0.05) is 101 Å². The summed E-state index contributed by atoms with van der Waals surface area (Å²) in [6.45, 7) is 14.6. The largest absolute Gasteiger partial charge is 0.284 e. The molecule has 0 aliphatic rings. The number of benzene rings is 1. The van der Waals surface area contributed by atoms with Crippen molar-refractivity contribution in [3.8, 4) is 11.3 Å². The molecule has 0 bridgehead atoms. The van der Waals surface area contributed by atoms with E-state index in [-0.39, 0.29) is 0 Å². The highest BCUT2D eigenvalue weighted by Crippen LogP contribution is 2.21. The first-order valence-electron chi connectivity index (χ1n) is 12.3. The molecule has 0 saturated heterocycles. The molecular weight excluding hydrogens is 368 g/mol. The second kappa shape index (κ2) is 13.6. The molecule has 0 amide bonds. The van der Waals surface area contributed by atoms with Gasteiger partial charge in [-0.15, -0.1) is 5.10 Å². The summed E-state index contributed by atoms with van der Waals surface area (Å²) in [6, 6.07) is 8.55. The Labute approximate surface area is 185 Å². The molecule has 1 heterocycles. The number of nitrogens with zero attached hydrogens (tertiary/aromatic N) is 4. The Morgan fingerprint density at radius 1 is 0.867 bits per heavy atom. The minimum absolute atomic E-state index is 0.772. The normalized spacial score (nSPS) is 13.7. The number of aryl methyl sites for hydroxylation is 1. The third-order valence-corrected chi connectivity index (χ3v) is 6.35. The monoisotopic (exact) mass is 412 g/mol. The van der Waals surface area contributed by atoms with E-state index in [2.05, 4.69) is 80.3 Å². The van der Waals surface area contributed by atoms with E-state index >= 15 is 0 Å². The predicted octanol–water partition coefficient (Wildman–Crippen LogP) is 6.95. The standard InChI is InChI=1S/C26H44N4/c1-6-10-12-23(8-3)18-29(19-24(9-4)13-11-7-2)21-30-20-26(27-28-30)25-16-14-22(5)15-17-25/h14-17,20,23-24H,6-13,18-19,21H2,1-5H3. The van der Waals surface area contributed by atoms with Gasteiger partial charge in [-0.05, 0) is 31.6 Å². The molecule has 2 rings (SSSR count). The van der Waals surface area contributed by atoms with Crippen LogP contribution in [-0.4, -0.2) is 33.0 Å². The van der Waals surface area contributed by atoms with Crippen molar-refractivity contribution in [1.29, 1.82) is 0 Å². The molecule has 2 unspecified atom stereocenters. The molecule has 1 aromatic heterocycles. The Morgan fingerprint density at radius 2 is 1.43 bits per heavy atom. The molecule has 0 N–H and O–H groups in total. The highest BCUT2D eigenvalue weighted by Gasteiger charge is 2.18. The van der Waals surface area contributed by atoms with Crippen molar-refractivity contribution in [2.75, 3.05) is 13.1 Å². The van der Waals surface area contributed by atoms with Gasteiger partial charge in [0.25, 0.3) is 0 Å². The fraction of sp³-hybridized carbons (Fsp3) is 0.692. The van der Waals surface area contributed by atoms with Crippen molar-refractivity contribution in [2.24, 2.45) is 11.8 Å². The van der Waals surface area contributed by atoms with E-state index < -0.39 is 0 Å². The number of rotatable bonds is 15. The second-order valence-corrected chi connectivity index (χ2v) is 9.02. The van der Waals surface area contributed by atoms with Gasteiger partial charge in [0.15, 0.2) is 0 Å². The maximum atomic E-state index is 4.47. The van der Waals surface area contributed by atoms with Crippen LogP contribution in [0, 0.1) is 18.8 Å². The van der Waals surface area contributed by atoms with E-state index in [0.29, 0.717) is 0 Å². The Bertz CT molecular complexity index is 673. The Hall–Kier alpha value is -1.68. The van der Waals surface area contributed by atoms with Gasteiger partial charge in [0, 0.05) is 18.7 Å². The van der Waals surface area contributed by atoms with Crippen molar-refractivity contribution < 1.29 is 0 Å². The highest BCUT2D eigenvalue weighted by molar-refractivity contribution is 5.57. The lowest BCUT2D eigenvalue weighted by Gasteiger charge is -2.30. The third kappa shape index (κ3) is 8.22. The summed E-state index contributed by atoms with van der Waals surface area (Å²) in [7, 11) is 0.